The van der Waals surface area contributed by atoms with Crippen molar-refractivity contribution in [3.63, 3.8) is 0 Å². The van der Waals surface area contributed by atoms with Gasteiger partial charge in [-0.05, 0) is 77.8 Å². The van der Waals surface area contributed by atoms with Crippen LogP contribution in [0.2, 0.25) is 0 Å². The molecule has 0 spiro atoms. The Morgan fingerprint density at radius 3 is 2.32 bits per heavy atom. The minimum atomic E-state index is -1.27. The number of β-amino-alcohol motifs (C(OH)–C–C–N with tert-alkyl or cyclic N) is 1. The molecule has 2 aliphatic heterocycles. The van der Waals surface area contributed by atoms with Gasteiger partial charge in [-0.2, -0.15) is 0 Å². The van der Waals surface area contributed by atoms with Gasteiger partial charge >= 0.3 is 0 Å². The number of hydrogen-bond donors (Lipinski definition) is 2. The molecule has 0 bridgehead atoms. The molecule has 0 aromatic heterocycles. The van der Waals surface area contributed by atoms with Crippen LogP contribution in [-0.2, 0) is 0 Å². The van der Waals surface area contributed by atoms with E-state index >= 15 is 0 Å². The summed E-state index contributed by atoms with van der Waals surface area (Å²) in [6, 6.07) is 7.02. The second-order valence-corrected chi connectivity index (χ2v) is 9.72. The molecule has 1 atom stereocenters. The lowest BCUT2D eigenvalue weighted by Gasteiger charge is -2.44. The van der Waals surface area contributed by atoms with Crippen LogP contribution < -0.4 is 5.32 Å². The van der Waals surface area contributed by atoms with Crippen LogP contribution in [0.25, 0.3) is 0 Å². The van der Waals surface area contributed by atoms with Gasteiger partial charge in [0.15, 0.2) is 11.6 Å². The lowest BCUT2D eigenvalue weighted by atomic mass is 9.95. The third-order valence-corrected chi connectivity index (χ3v) is 6.16. The summed E-state index contributed by atoms with van der Waals surface area (Å²) >= 11 is 0. The first-order valence-electron chi connectivity index (χ1n) is 11.3. The number of nitrogens with zero attached hydrogens (tertiary/aromatic N) is 3. The molecule has 1 amide bonds. The highest BCUT2D eigenvalue weighted by atomic mass is 19.2. The molecule has 9 heteroatoms. The smallest absolute Gasteiger partial charge is 0.256 e. The van der Waals surface area contributed by atoms with E-state index < -0.39 is 34.6 Å². The maximum Gasteiger partial charge on any atom is 0.256 e. The molecular formula is C25H33F3N4O2. The molecule has 4 rings (SSSR count). The Balaban J connectivity index is 0.000000302. The highest BCUT2D eigenvalue weighted by Crippen LogP contribution is 2.31. The quantitative estimate of drug-likeness (QED) is 0.703. The fourth-order valence-corrected chi connectivity index (χ4v) is 4.13. The molecule has 6 nitrogen and oxygen atoms in total. The normalized spacial score (nSPS) is 19.5. The number of likely N-dealkylation sites (tertiary alicyclic amines) is 2. The molecule has 186 valence electrons. The van der Waals surface area contributed by atoms with Crippen LogP contribution in [0.15, 0.2) is 30.3 Å². The van der Waals surface area contributed by atoms with Crippen molar-refractivity contribution in [2.24, 2.45) is 0 Å². The maximum absolute atomic E-state index is 14.3. The van der Waals surface area contributed by atoms with Crippen molar-refractivity contribution in [2.75, 3.05) is 52.6 Å². The number of amides is 1. The number of carbonyl (C=O) groups is 1. The van der Waals surface area contributed by atoms with E-state index in [4.69, 9.17) is 0 Å². The maximum atomic E-state index is 14.3. The van der Waals surface area contributed by atoms with Crippen LogP contribution in [0.1, 0.15) is 29.3 Å². The number of hydrogen-bond acceptors (Lipinski definition) is 5. The minimum absolute atomic E-state index is 0.0697. The van der Waals surface area contributed by atoms with E-state index in [1.165, 1.54) is 36.5 Å². The molecule has 1 unspecified atom stereocenters. The van der Waals surface area contributed by atoms with Crippen LogP contribution in [0.4, 0.5) is 24.5 Å². The largest absolute Gasteiger partial charge is 0.386 e. The van der Waals surface area contributed by atoms with Crippen molar-refractivity contribution < 1.29 is 23.1 Å². The van der Waals surface area contributed by atoms with E-state index in [0.717, 1.165) is 18.2 Å². The standard InChI is InChI=1S/C18H17F3N2O2.C7H16N2/c1-10-3-6-14(13(20)7-10)22-16-11(4-5-12(19)15(16)21)17(24)23-8-18(2,25)9-23;1-8(2)7-4-5-9(3)6-7/h3-7,22,25H,8-9H2,1-2H3;7H,4-6H2,1-3H3. The van der Waals surface area contributed by atoms with Gasteiger partial charge in [0.2, 0.25) is 0 Å². The van der Waals surface area contributed by atoms with E-state index in [-0.39, 0.29) is 24.3 Å². The van der Waals surface area contributed by atoms with E-state index in [2.05, 4.69) is 36.3 Å². The molecule has 0 radical (unpaired) electrons. The molecule has 2 aromatic carbocycles. The summed E-state index contributed by atoms with van der Waals surface area (Å²) in [6.07, 6.45) is 1.34. The van der Waals surface area contributed by atoms with Gasteiger partial charge < -0.3 is 25.1 Å². The predicted molar refractivity (Wildman–Crippen MR) is 127 cm³/mol. The Hall–Kier alpha value is -2.62. The van der Waals surface area contributed by atoms with Crippen molar-refractivity contribution in [1.29, 1.82) is 0 Å². The number of nitrogens with one attached hydrogen (secondary N) is 1. The van der Waals surface area contributed by atoms with E-state index in [1.54, 1.807) is 19.9 Å². The van der Waals surface area contributed by atoms with E-state index in [9.17, 15) is 23.1 Å². The first kappa shape index (κ1) is 26.0. The van der Waals surface area contributed by atoms with Crippen LogP contribution >= 0.6 is 0 Å². The lowest BCUT2D eigenvalue weighted by Crippen LogP contribution is -2.61. The topological polar surface area (TPSA) is 59.0 Å². The minimum Gasteiger partial charge on any atom is -0.386 e. The highest BCUT2D eigenvalue weighted by molar-refractivity contribution is 6.01. The molecule has 2 heterocycles. The van der Waals surface area contributed by atoms with Gasteiger partial charge in [-0.3, -0.25) is 4.79 Å². The van der Waals surface area contributed by atoms with Gasteiger partial charge in [0.1, 0.15) is 5.82 Å². The van der Waals surface area contributed by atoms with Gasteiger partial charge in [-0.1, -0.05) is 6.07 Å². The number of halogens is 3. The van der Waals surface area contributed by atoms with Crippen LogP contribution in [0.5, 0.6) is 0 Å². The number of carbonyl (C=O) groups excluding carboxylic acids is 1. The first-order chi connectivity index (χ1) is 15.9. The zero-order chi connectivity index (χ0) is 25.2. The van der Waals surface area contributed by atoms with Crippen molar-refractivity contribution in [3.05, 3.63) is 58.9 Å². The SMILES string of the molecule is CN1CCC(N(C)C)C1.Cc1ccc(Nc2c(C(=O)N3CC(C)(O)C3)ccc(F)c2F)c(F)c1. The monoisotopic (exact) mass is 478 g/mol. The molecule has 34 heavy (non-hydrogen) atoms. The van der Waals surface area contributed by atoms with Gasteiger partial charge in [0, 0.05) is 12.6 Å². The van der Waals surface area contributed by atoms with Gasteiger partial charge in [-0.25, -0.2) is 13.2 Å². The Kier molecular flexibility index (Phi) is 7.90. The zero-order valence-electron chi connectivity index (χ0n) is 20.3. The summed E-state index contributed by atoms with van der Waals surface area (Å²) in [7, 11) is 6.50. The van der Waals surface area contributed by atoms with E-state index in [1.807, 2.05) is 0 Å². The lowest BCUT2D eigenvalue weighted by molar-refractivity contribution is -0.0668. The first-order valence-corrected chi connectivity index (χ1v) is 11.3. The van der Waals surface area contributed by atoms with Crippen molar-refractivity contribution >= 4 is 17.3 Å². The Bertz CT molecular complexity index is 1040. The number of aryl methyl sites for hydroxylation is 1. The molecule has 2 aromatic rings. The number of rotatable bonds is 4. The number of aliphatic hydroxyl groups is 1. The number of benzene rings is 2. The fourth-order valence-electron chi connectivity index (χ4n) is 4.13. The molecule has 0 aliphatic carbocycles. The second-order valence-electron chi connectivity index (χ2n) is 9.72. The van der Waals surface area contributed by atoms with Gasteiger partial charge in [0.25, 0.3) is 5.91 Å². The van der Waals surface area contributed by atoms with Crippen LogP contribution in [-0.4, -0.2) is 84.7 Å². The Morgan fingerprint density at radius 1 is 1.15 bits per heavy atom. The predicted octanol–water partition coefficient (Wildman–Crippen LogP) is 3.61. The Morgan fingerprint density at radius 2 is 1.82 bits per heavy atom. The summed E-state index contributed by atoms with van der Waals surface area (Å²) in [5.74, 6) is -3.63. The molecule has 2 aliphatic rings. The fraction of sp³-hybridized carbons (Fsp3) is 0.480. The number of likely N-dealkylation sites (N-methyl/N-ethyl adjacent to an activating group) is 2. The average molecular weight is 479 g/mol. The molecule has 2 N–H and O–H groups in total. The molecule has 2 fully saturated rings. The Labute approximate surface area is 199 Å². The third-order valence-electron chi connectivity index (χ3n) is 6.16. The van der Waals surface area contributed by atoms with Gasteiger partial charge in [0.05, 0.1) is 35.6 Å². The van der Waals surface area contributed by atoms with Crippen LogP contribution in [0.3, 0.4) is 0 Å². The van der Waals surface area contributed by atoms with Crippen molar-refractivity contribution in [3.8, 4) is 0 Å². The zero-order valence-corrected chi connectivity index (χ0v) is 20.3. The van der Waals surface area contributed by atoms with Crippen molar-refractivity contribution in [1.82, 2.24) is 14.7 Å². The highest BCUT2D eigenvalue weighted by Gasteiger charge is 2.40. The van der Waals surface area contributed by atoms with Gasteiger partial charge in [-0.15, -0.1) is 0 Å². The van der Waals surface area contributed by atoms with E-state index in [0.29, 0.717) is 5.56 Å². The van der Waals surface area contributed by atoms with Crippen molar-refractivity contribution in [2.45, 2.75) is 31.9 Å². The molecular weight excluding hydrogens is 445 g/mol. The second kappa shape index (κ2) is 10.3. The summed E-state index contributed by atoms with van der Waals surface area (Å²) in [5, 5.41) is 12.2. The molecule has 2 saturated heterocycles. The average Bonchev–Trinajstić information content (AvgIpc) is 3.18. The summed E-state index contributed by atoms with van der Waals surface area (Å²) < 4.78 is 41.9. The summed E-state index contributed by atoms with van der Waals surface area (Å²) in [6.45, 7) is 5.95. The third kappa shape index (κ3) is 6.08. The number of anilines is 2. The summed E-state index contributed by atoms with van der Waals surface area (Å²) in [5.41, 5.74) is -0.958. The van der Waals surface area contributed by atoms with Crippen LogP contribution in [0, 0.1) is 24.4 Å². The summed E-state index contributed by atoms with van der Waals surface area (Å²) in [4.78, 5) is 18.5. The molecule has 0 saturated carbocycles.